The standard InChI is InChI=1S/C20H34N4O3S/c1-2-23-28(25,26)19-11-13-24(16-19)20(21-12-10-18-9-6-14-27-18)22-15-17-7-4-3-5-8-17/h6,9,14,17,19,23H,2-5,7-8,10-13,15-16H2,1H3,(H,21,22). The van der Waals surface area contributed by atoms with Crippen LogP contribution in [0.15, 0.2) is 27.8 Å². The van der Waals surface area contributed by atoms with E-state index in [0.29, 0.717) is 32.0 Å². The number of guanidine groups is 1. The summed E-state index contributed by atoms with van der Waals surface area (Å²) in [5, 5.41) is 3.07. The molecule has 28 heavy (non-hydrogen) atoms. The number of rotatable bonds is 8. The van der Waals surface area contributed by atoms with Crippen molar-refractivity contribution in [2.75, 3.05) is 32.7 Å². The molecule has 2 N–H and O–H groups in total. The second kappa shape index (κ2) is 10.3. The summed E-state index contributed by atoms with van der Waals surface area (Å²) in [5.41, 5.74) is 0. The zero-order chi connectivity index (χ0) is 19.8. The number of sulfonamides is 1. The molecule has 1 saturated heterocycles. The number of hydrogen-bond donors (Lipinski definition) is 2. The molecule has 0 amide bonds. The third-order valence-electron chi connectivity index (χ3n) is 5.69. The van der Waals surface area contributed by atoms with Crippen LogP contribution in [0.3, 0.4) is 0 Å². The fraction of sp³-hybridized carbons (Fsp3) is 0.750. The van der Waals surface area contributed by atoms with Gasteiger partial charge < -0.3 is 14.6 Å². The summed E-state index contributed by atoms with van der Waals surface area (Å²) in [6.07, 6.45) is 9.54. The Bertz CT molecular complexity index is 712. The van der Waals surface area contributed by atoms with Gasteiger partial charge in [0.15, 0.2) is 5.96 Å². The molecule has 1 atom stereocenters. The third kappa shape index (κ3) is 5.98. The van der Waals surface area contributed by atoms with Gasteiger partial charge in [-0.2, -0.15) is 0 Å². The Hall–Kier alpha value is -1.54. The van der Waals surface area contributed by atoms with Crippen LogP contribution in [0.1, 0.15) is 51.2 Å². The van der Waals surface area contributed by atoms with E-state index in [1.54, 1.807) is 6.26 Å². The molecule has 0 bridgehead atoms. The molecule has 0 aromatic carbocycles. The molecule has 3 rings (SSSR count). The van der Waals surface area contributed by atoms with Crippen LogP contribution in [0.5, 0.6) is 0 Å². The maximum Gasteiger partial charge on any atom is 0.216 e. The zero-order valence-electron chi connectivity index (χ0n) is 16.9. The lowest BCUT2D eigenvalue weighted by atomic mass is 9.89. The molecule has 2 aliphatic rings. The number of nitrogens with one attached hydrogen (secondary N) is 2. The van der Waals surface area contributed by atoms with Crippen molar-refractivity contribution in [3.05, 3.63) is 24.2 Å². The van der Waals surface area contributed by atoms with E-state index in [4.69, 9.17) is 9.41 Å². The van der Waals surface area contributed by atoms with Crippen LogP contribution < -0.4 is 10.0 Å². The van der Waals surface area contributed by atoms with Gasteiger partial charge in [-0.1, -0.05) is 26.2 Å². The van der Waals surface area contributed by atoms with Crippen molar-refractivity contribution in [2.24, 2.45) is 10.9 Å². The summed E-state index contributed by atoms with van der Waals surface area (Å²) in [6, 6.07) is 3.86. The van der Waals surface area contributed by atoms with Gasteiger partial charge in [0.2, 0.25) is 10.0 Å². The summed E-state index contributed by atoms with van der Waals surface area (Å²) in [4.78, 5) is 7.00. The number of hydrogen-bond acceptors (Lipinski definition) is 4. The van der Waals surface area contributed by atoms with Gasteiger partial charge in [-0.25, -0.2) is 13.1 Å². The van der Waals surface area contributed by atoms with E-state index in [2.05, 4.69) is 14.9 Å². The van der Waals surface area contributed by atoms with Gasteiger partial charge in [-0.05, 0) is 37.3 Å². The molecule has 158 valence electrons. The molecule has 0 radical (unpaired) electrons. The Balaban J connectivity index is 1.61. The van der Waals surface area contributed by atoms with E-state index >= 15 is 0 Å². The minimum Gasteiger partial charge on any atom is -0.469 e. The second-order valence-electron chi connectivity index (χ2n) is 7.82. The summed E-state index contributed by atoms with van der Waals surface area (Å²) in [7, 11) is -3.26. The molecular weight excluding hydrogens is 376 g/mol. The minimum absolute atomic E-state index is 0.376. The molecule has 7 nitrogen and oxygen atoms in total. The first-order valence-corrected chi connectivity index (χ1v) is 12.2. The van der Waals surface area contributed by atoms with Crippen molar-refractivity contribution in [2.45, 2.75) is 57.1 Å². The molecule has 8 heteroatoms. The van der Waals surface area contributed by atoms with Gasteiger partial charge in [0.05, 0.1) is 11.5 Å². The van der Waals surface area contributed by atoms with Gasteiger partial charge in [0.1, 0.15) is 5.76 Å². The van der Waals surface area contributed by atoms with Crippen LogP contribution >= 0.6 is 0 Å². The lowest BCUT2D eigenvalue weighted by Crippen LogP contribution is -2.43. The van der Waals surface area contributed by atoms with Crippen LogP contribution in [-0.2, 0) is 16.4 Å². The SMILES string of the molecule is CCNS(=O)(=O)C1CCN(C(=NCC2CCCCC2)NCCc2ccco2)C1. The van der Waals surface area contributed by atoms with E-state index in [0.717, 1.165) is 31.2 Å². The van der Waals surface area contributed by atoms with Gasteiger partial charge in [-0.3, -0.25) is 4.99 Å². The Morgan fingerprint density at radius 1 is 1.29 bits per heavy atom. The molecule has 1 unspecified atom stereocenters. The fourth-order valence-corrected chi connectivity index (χ4v) is 5.53. The van der Waals surface area contributed by atoms with Crippen LogP contribution in [0.2, 0.25) is 0 Å². The lowest BCUT2D eigenvalue weighted by Gasteiger charge is -2.24. The average Bonchev–Trinajstić information content (AvgIpc) is 3.37. The highest BCUT2D eigenvalue weighted by atomic mass is 32.2. The summed E-state index contributed by atoms with van der Waals surface area (Å²) >= 11 is 0. The van der Waals surface area contributed by atoms with Crippen LogP contribution in [0.4, 0.5) is 0 Å². The summed E-state index contributed by atoms with van der Waals surface area (Å²) in [5.74, 6) is 2.43. The maximum atomic E-state index is 12.4. The Morgan fingerprint density at radius 2 is 2.11 bits per heavy atom. The van der Waals surface area contributed by atoms with Crippen molar-refractivity contribution in [3.8, 4) is 0 Å². The van der Waals surface area contributed by atoms with Gasteiger partial charge in [-0.15, -0.1) is 0 Å². The normalized spacial score (nSPS) is 22.0. The zero-order valence-corrected chi connectivity index (χ0v) is 17.7. The Morgan fingerprint density at radius 3 is 2.82 bits per heavy atom. The number of likely N-dealkylation sites (tertiary alicyclic amines) is 1. The van der Waals surface area contributed by atoms with Crippen LogP contribution in [0.25, 0.3) is 0 Å². The van der Waals surface area contributed by atoms with E-state index in [-0.39, 0.29) is 5.25 Å². The largest absolute Gasteiger partial charge is 0.469 e. The Kier molecular flexibility index (Phi) is 7.79. The third-order valence-corrected chi connectivity index (χ3v) is 7.64. The maximum absolute atomic E-state index is 12.4. The molecule has 1 aliphatic carbocycles. The molecule has 2 fully saturated rings. The van der Waals surface area contributed by atoms with E-state index in [9.17, 15) is 8.42 Å². The first-order valence-electron chi connectivity index (χ1n) is 10.6. The smallest absolute Gasteiger partial charge is 0.216 e. The van der Waals surface area contributed by atoms with Crippen molar-refractivity contribution >= 4 is 16.0 Å². The first kappa shape index (κ1) is 21.2. The summed E-state index contributed by atoms with van der Waals surface area (Å²) < 4.78 is 32.8. The van der Waals surface area contributed by atoms with Crippen molar-refractivity contribution < 1.29 is 12.8 Å². The highest BCUT2D eigenvalue weighted by molar-refractivity contribution is 7.90. The lowest BCUT2D eigenvalue weighted by molar-refractivity contribution is 0.364. The van der Waals surface area contributed by atoms with Crippen LogP contribution in [0, 0.1) is 5.92 Å². The van der Waals surface area contributed by atoms with Crippen molar-refractivity contribution in [1.29, 1.82) is 0 Å². The molecule has 1 aromatic heterocycles. The minimum atomic E-state index is -3.26. The number of nitrogens with zero attached hydrogens (tertiary/aromatic N) is 2. The van der Waals surface area contributed by atoms with Crippen molar-refractivity contribution in [1.82, 2.24) is 14.9 Å². The molecule has 1 aliphatic heterocycles. The summed E-state index contributed by atoms with van der Waals surface area (Å²) in [6.45, 7) is 5.00. The topological polar surface area (TPSA) is 86.9 Å². The molecule has 2 heterocycles. The predicted octanol–water partition coefficient (Wildman–Crippen LogP) is 2.36. The number of aliphatic imine (C=N–C) groups is 1. The highest BCUT2D eigenvalue weighted by Gasteiger charge is 2.34. The highest BCUT2D eigenvalue weighted by Crippen LogP contribution is 2.24. The first-order chi connectivity index (χ1) is 13.6. The average molecular weight is 411 g/mol. The monoisotopic (exact) mass is 410 g/mol. The predicted molar refractivity (Wildman–Crippen MR) is 112 cm³/mol. The van der Waals surface area contributed by atoms with Crippen molar-refractivity contribution in [3.63, 3.8) is 0 Å². The van der Waals surface area contributed by atoms with Gasteiger partial charge >= 0.3 is 0 Å². The fourth-order valence-electron chi connectivity index (χ4n) is 4.10. The van der Waals surface area contributed by atoms with E-state index in [1.807, 2.05) is 19.1 Å². The second-order valence-corrected chi connectivity index (χ2v) is 9.87. The van der Waals surface area contributed by atoms with Gasteiger partial charge in [0.25, 0.3) is 0 Å². The molecule has 1 aromatic rings. The molecule has 0 spiro atoms. The van der Waals surface area contributed by atoms with Crippen LogP contribution in [-0.4, -0.2) is 57.3 Å². The Labute approximate surface area is 169 Å². The van der Waals surface area contributed by atoms with E-state index in [1.165, 1.54) is 32.1 Å². The number of furan rings is 1. The molecular formula is C20H34N4O3S. The van der Waals surface area contributed by atoms with E-state index < -0.39 is 10.0 Å². The van der Waals surface area contributed by atoms with Gasteiger partial charge in [0, 0.05) is 39.1 Å². The molecule has 1 saturated carbocycles. The quantitative estimate of drug-likeness (QED) is 0.507.